The largest absolute Gasteiger partial charge is 0.489 e. The van der Waals surface area contributed by atoms with Gasteiger partial charge in [-0.05, 0) is 41.3 Å². The van der Waals surface area contributed by atoms with Crippen molar-refractivity contribution in [1.29, 1.82) is 0 Å². The monoisotopic (exact) mass is 332 g/mol. The van der Waals surface area contributed by atoms with Gasteiger partial charge in [-0.1, -0.05) is 12.1 Å². The Bertz CT molecular complexity index is 397. The van der Waals surface area contributed by atoms with Crippen LogP contribution in [-0.2, 0) is 10.6 Å². The molecule has 0 aliphatic heterocycles. The van der Waals surface area contributed by atoms with Crippen LogP contribution >= 0.6 is 27.5 Å². The van der Waals surface area contributed by atoms with Gasteiger partial charge in [-0.3, -0.25) is 0 Å². The van der Waals surface area contributed by atoms with Gasteiger partial charge in [-0.15, -0.1) is 11.6 Å². The van der Waals surface area contributed by atoms with Gasteiger partial charge in [0, 0.05) is 19.1 Å². The van der Waals surface area contributed by atoms with Crippen molar-refractivity contribution in [3.63, 3.8) is 0 Å². The highest BCUT2D eigenvalue weighted by atomic mass is 79.9. The van der Waals surface area contributed by atoms with E-state index in [-0.39, 0.29) is 6.10 Å². The van der Waals surface area contributed by atoms with Crippen LogP contribution in [0.15, 0.2) is 22.7 Å². The summed E-state index contributed by atoms with van der Waals surface area (Å²) in [5.41, 5.74) is 1.03. The number of para-hydroxylation sites is 1. The summed E-state index contributed by atoms with van der Waals surface area (Å²) in [6.45, 7) is 0. The Hall–Kier alpha value is -0.250. The number of benzene rings is 1. The quantitative estimate of drug-likeness (QED) is 0.754. The van der Waals surface area contributed by atoms with E-state index in [1.165, 1.54) is 0 Å². The molecule has 2 rings (SSSR count). The molecule has 0 saturated heterocycles. The van der Waals surface area contributed by atoms with Crippen molar-refractivity contribution < 1.29 is 9.47 Å². The van der Waals surface area contributed by atoms with Crippen LogP contribution in [0.4, 0.5) is 0 Å². The third-order valence-corrected chi connectivity index (χ3v) is 4.30. The van der Waals surface area contributed by atoms with E-state index in [4.69, 9.17) is 21.1 Å². The Morgan fingerprint density at radius 1 is 1.33 bits per heavy atom. The maximum absolute atomic E-state index is 6.13. The van der Waals surface area contributed by atoms with Crippen LogP contribution in [0.25, 0.3) is 0 Å². The van der Waals surface area contributed by atoms with E-state index in [9.17, 15) is 0 Å². The van der Waals surface area contributed by atoms with Crippen molar-refractivity contribution in [2.24, 2.45) is 0 Å². The number of hydrogen-bond donors (Lipinski definition) is 0. The highest BCUT2D eigenvalue weighted by molar-refractivity contribution is 9.10. The summed E-state index contributed by atoms with van der Waals surface area (Å²) in [7, 11) is 1.77. The van der Waals surface area contributed by atoms with Crippen molar-refractivity contribution in [3.8, 4) is 5.75 Å². The van der Waals surface area contributed by atoms with E-state index < -0.39 is 0 Å². The zero-order chi connectivity index (χ0) is 13.0. The number of rotatable bonds is 4. The van der Waals surface area contributed by atoms with Crippen LogP contribution in [0.1, 0.15) is 31.2 Å². The molecule has 0 heterocycles. The highest BCUT2D eigenvalue weighted by Gasteiger charge is 2.24. The van der Waals surface area contributed by atoms with Gasteiger partial charge in [0.1, 0.15) is 11.9 Å². The molecular formula is C14H18BrClO2. The Balaban J connectivity index is 2.09. The number of halogens is 2. The minimum Gasteiger partial charge on any atom is -0.489 e. The molecule has 1 aromatic rings. The zero-order valence-corrected chi connectivity index (χ0v) is 12.8. The first kappa shape index (κ1) is 14.2. The Labute approximate surface area is 122 Å². The second kappa shape index (κ2) is 6.78. The predicted octanol–water partition coefficient (Wildman–Crippen LogP) is 4.52. The molecule has 0 bridgehead atoms. The SMILES string of the molecule is COC1CCCC(Oc2c(Br)cccc2CCl)C1. The fourth-order valence-electron chi connectivity index (χ4n) is 2.38. The number of methoxy groups -OCH3 is 1. The van der Waals surface area contributed by atoms with E-state index in [0.29, 0.717) is 12.0 Å². The molecule has 1 fully saturated rings. The Kier molecular flexibility index (Phi) is 5.34. The van der Waals surface area contributed by atoms with Crippen LogP contribution in [-0.4, -0.2) is 19.3 Å². The Morgan fingerprint density at radius 3 is 2.83 bits per heavy atom. The predicted molar refractivity (Wildman–Crippen MR) is 77.4 cm³/mol. The first-order valence-electron chi connectivity index (χ1n) is 6.27. The molecule has 2 nitrogen and oxygen atoms in total. The van der Waals surface area contributed by atoms with Gasteiger partial charge in [0.25, 0.3) is 0 Å². The van der Waals surface area contributed by atoms with Crippen molar-refractivity contribution >= 4 is 27.5 Å². The van der Waals surface area contributed by atoms with Crippen LogP contribution in [0.2, 0.25) is 0 Å². The average Bonchev–Trinajstić information content (AvgIpc) is 2.41. The summed E-state index contributed by atoms with van der Waals surface area (Å²) in [5.74, 6) is 1.35. The van der Waals surface area contributed by atoms with E-state index in [1.54, 1.807) is 7.11 Å². The maximum atomic E-state index is 6.13. The summed E-state index contributed by atoms with van der Waals surface area (Å²) in [5, 5.41) is 0. The molecule has 2 unspecified atom stereocenters. The van der Waals surface area contributed by atoms with E-state index in [0.717, 1.165) is 41.5 Å². The van der Waals surface area contributed by atoms with Crippen LogP contribution in [0, 0.1) is 0 Å². The van der Waals surface area contributed by atoms with Crippen molar-refractivity contribution in [2.75, 3.05) is 7.11 Å². The fourth-order valence-corrected chi connectivity index (χ4v) is 3.09. The second-order valence-electron chi connectivity index (χ2n) is 4.63. The van der Waals surface area contributed by atoms with Crippen LogP contribution in [0.5, 0.6) is 5.75 Å². The zero-order valence-electron chi connectivity index (χ0n) is 10.5. The lowest BCUT2D eigenvalue weighted by Gasteiger charge is -2.29. The molecule has 1 aliphatic carbocycles. The van der Waals surface area contributed by atoms with Crippen molar-refractivity contribution in [2.45, 2.75) is 43.8 Å². The topological polar surface area (TPSA) is 18.5 Å². The first-order valence-corrected chi connectivity index (χ1v) is 7.60. The number of ether oxygens (including phenoxy) is 2. The molecule has 100 valence electrons. The summed E-state index contributed by atoms with van der Waals surface area (Å²) < 4.78 is 12.5. The summed E-state index contributed by atoms with van der Waals surface area (Å²) >= 11 is 9.48. The molecule has 1 saturated carbocycles. The normalized spacial score (nSPS) is 23.9. The summed E-state index contributed by atoms with van der Waals surface area (Å²) in [6, 6.07) is 5.97. The minimum absolute atomic E-state index is 0.226. The lowest BCUT2D eigenvalue weighted by Crippen LogP contribution is -2.29. The molecule has 0 spiro atoms. The molecular weight excluding hydrogens is 316 g/mol. The minimum atomic E-state index is 0.226. The lowest BCUT2D eigenvalue weighted by atomic mass is 9.95. The van der Waals surface area contributed by atoms with Gasteiger partial charge in [0.2, 0.25) is 0 Å². The van der Waals surface area contributed by atoms with Gasteiger partial charge >= 0.3 is 0 Å². The lowest BCUT2D eigenvalue weighted by molar-refractivity contribution is 0.0205. The molecule has 2 atom stereocenters. The molecule has 1 aromatic carbocycles. The summed E-state index contributed by atoms with van der Waals surface area (Å²) in [4.78, 5) is 0. The van der Waals surface area contributed by atoms with E-state index in [1.807, 2.05) is 18.2 Å². The van der Waals surface area contributed by atoms with Crippen molar-refractivity contribution in [3.05, 3.63) is 28.2 Å². The average molecular weight is 334 g/mol. The van der Waals surface area contributed by atoms with Gasteiger partial charge < -0.3 is 9.47 Å². The molecule has 0 radical (unpaired) electrons. The van der Waals surface area contributed by atoms with Crippen LogP contribution < -0.4 is 4.74 Å². The van der Waals surface area contributed by atoms with Gasteiger partial charge in [-0.25, -0.2) is 0 Å². The van der Waals surface area contributed by atoms with Crippen LogP contribution in [0.3, 0.4) is 0 Å². The molecule has 18 heavy (non-hydrogen) atoms. The van der Waals surface area contributed by atoms with Gasteiger partial charge in [-0.2, -0.15) is 0 Å². The van der Waals surface area contributed by atoms with Gasteiger partial charge in [0.15, 0.2) is 0 Å². The Morgan fingerprint density at radius 2 is 2.11 bits per heavy atom. The molecule has 0 amide bonds. The second-order valence-corrected chi connectivity index (χ2v) is 5.75. The maximum Gasteiger partial charge on any atom is 0.138 e. The van der Waals surface area contributed by atoms with Gasteiger partial charge in [0.05, 0.1) is 16.5 Å². The fraction of sp³-hybridized carbons (Fsp3) is 0.571. The summed E-state index contributed by atoms with van der Waals surface area (Å²) in [6.07, 6.45) is 4.89. The van der Waals surface area contributed by atoms with E-state index in [2.05, 4.69) is 15.9 Å². The molecule has 4 heteroatoms. The van der Waals surface area contributed by atoms with E-state index >= 15 is 0 Å². The van der Waals surface area contributed by atoms with Crippen molar-refractivity contribution in [1.82, 2.24) is 0 Å². The molecule has 1 aliphatic rings. The molecule has 0 aromatic heterocycles. The highest BCUT2D eigenvalue weighted by Crippen LogP contribution is 2.33. The molecule has 0 N–H and O–H groups in total. The first-order chi connectivity index (χ1) is 8.74. The number of alkyl halides is 1. The number of hydrogen-bond acceptors (Lipinski definition) is 2. The smallest absolute Gasteiger partial charge is 0.138 e. The third kappa shape index (κ3) is 3.40. The third-order valence-electron chi connectivity index (χ3n) is 3.39. The standard InChI is InChI=1S/C14H18BrClO2/c1-17-11-5-3-6-12(8-11)18-14-10(9-16)4-2-7-13(14)15/h2,4,7,11-12H,3,5-6,8-9H2,1H3.